The second-order valence-corrected chi connectivity index (χ2v) is 3.20. The van der Waals surface area contributed by atoms with E-state index in [-0.39, 0.29) is 5.56 Å². The first-order valence-corrected chi connectivity index (χ1v) is 4.41. The number of aromatic nitrogens is 1. The molecule has 0 aliphatic rings. The van der Waals surface area contributed by atoms with Crippen molar-refractivity contribution in [2.45, 2.75) is 0 Å². The Morgan fingerprint density at radius 3 is 2.81 bits per heavy atom. The number of hydrogen-bond acceptors (Lipinski definition) is 3. The normalized spacial score (nSPS) is 9.94. The summed E-state index contributed by atoms with van der Waals surface area (Å²) in [5, 5.41) is 18.1. The SMILES string of the molecule is N#Cc1ccc2c(c1)c(C=O)cn2C(=O)O. The van der Waals surface area contributed by atoms with Crippen molar-refractivity contribution >= 4 is 23.3 Å². The van der Waals surface area contributed by atoms with Gasteiger partial charge in [0.15, 0.2) is 6.29 Å². The molecule has 2 rings (SSSR count). The van der Waals surface area contributed by atoms with Crippen molar-refractivity contribution < 1.29 is 14.7 Å². The van der Waals surface area contributed by atoms with Crippen LogP contribution in [0.2, 0.25) is 0 Å². The highest BCUT2D eigenvalue weighted by molar-refractivity contribution is 6.01. The lowest BCUT2D eigenvalue weighted by atomic mass is 10.1. The molecular formula is C11H6N2O3. The van der Waals surface area contributed by atoms with Crippen molar-refractivity contribution in [3.8, 4) is 6.07 Å². The zero-order valence-corrected chi connectivity index (χ0v) is 8.04. The molecule has 5 nitrogen and oxygen atoms in total. The minimum Gasteiger partial charge on any atom is -0.464 e. The molecule has 16 heavy (non-hydrogen) atoms. The van der Waals surface area contributed by atoms with E-state index in [9.17, 15) is 9.59 Å². The van der Waals surface area contributed by atoms with Crippen LogP contribution in [-0.4, -0.2) is 22.1 Å². The van der Waals surface area contributed by atoms with E-state index in [4.69, 9.17) is 10.4 Å². The highest BCUT2D eigenvalue weighted by Gasteiger charge is 2.12. The Balaban J connectivity index is 2.85. The molecule has 1 N–H and O–H groups in total. The second-order valence-electron chi connectivity index (χ2n) is 3.20. The molecule has 1 aromatic carbocycles. The number of carbonyl (C=O) groups excluding carboxylic acids is 1. The third kappa shape index (κ3) is 1.33. The van der Waals surface area contributed by atoms with Crippen LogP contribution >= 0.6 is 0 Å². The summed E-state index contributed by atoms with van der Waals surface area (Å²) >= 11 is 0. The first-order valence-electron chi connectivity index (χ1n) is 4.41. The van der Waals surface area contributed by atoms with Gasteiger partial charge < -0.3 is 5.11 Å². The van der Waals surface area contributed by atoms with E-state index in [1.807, 2.05) is 6.07 Å². The maximum atomic E-state index is 10.9. The Hall–Kier alpha value is -2.61. The van der Waals surface area contributed by atoms with Gasteiger partial charge >= 0.3 is 6.09 Å². The largest absolute Gasteiger partial charge is 0.464 e. The monoisotopic (exact) mass is 214 g/mol. The van der Waals surface area contributed by atoms with Crippen molar-refractivity contribution in [2.24, 2.45) is 0 Å². The fourth-order valence-corrected chi connectivity index (χ4v) is 1.58. The summed E-state index contributed by atoms with van der Waals surface area (Å²) < 4.78 is 0.959. The van der Waals surface area contributed by atoms with E-state index in [0.29, 0.717) is 22.8 Å². The summed E-state index contributed by atoms with van der Waals surface area (Å²) in [7, 11) is 0. The standard InChI is InChI=1S/C11H6N2O3/c12-4-7-1-2-10-9(3-7)8(6-14)5-13(10)11(15)16/h1-3,5-6H,(H,15,16). The number of hydrogen-bond donors (Lipinski definition) is 1. The first-order chi connectivity index (χ1) is 7.67. The highest BCUT2D eigenvalue weighted by atomic mass is 16.4. The van der Waals surface area contributed by atoms with Gasteiger partial charge in [0.2, 0.25) is 0 Å². The van der Waals surface area contributed by atoms with E-state index < -0.39 is 6.09 Å². The van der Waals surface area contributed by atoms with Gasteiger partial charge in [0.05, 0.1) is 17.1 Å². The molecule has 2 aromatic rings. The molecule has 0 spiro atoms. The molecule has 0 amide bonds. The second kappa shape index (κ2) is 3.51. The molecule has 0 aliphatic heterocycles. The van der Waals surface area contributed by atoms with Gasteiger partial charge in [0.1, 0.15) is 0 Å². The van der Waals surface area contributed by atoms with E-state index >= 15 is 0 Å². The number of benzene rings is 1. The lowest BCUT2D eigenvalue weighted by molar-refractivity contribution is 0.112. The summed E-state index contributed by atoms with van der Waals surface area (Å²) in [4.78, 5) is 21.6. The summed E-state index contributed by atoms with van der Waals surface area (Å²) in [6.07, 6.45) is 0.646. The molecule has 1 heterocycles. The predicted octanol–water partition coefficient (Wildman–Crippen LogP) is 1.85. The average Bonchev–Trinajstić information content (AvgIpc) is 2.66. The number of rotatable bonds is 1. The van der Waals surface area contributed by atoms with Gasteiger partial charge in [-0.2, -0.15) is 5.26 Å². The van der Waals surface area contributed by atoms with Crippen LogP contribution in [0.3, 0.4) is 0 Å². The maximum absolute atomic E-state index is 10.9. The lowest BCUT2D eigenvalue weighted by Crippen LogP contribution is -2.05. The minimum absolute atomic E-state index is 0.259. The van der Waals surface area contributed by atoms with E-state index in [1.54, 1.807) is 0 Å². The van der Waals surface area contributed by atoms with Crippen LogP contribution in [0.1, 0.15) is 15.9 Å². The van der Waals surface area contributed by atoms with Crippen LogP contribution in [0.5, 0.6) is 0 Å². The molecule has 0 unspecified atom stereocenters. The fourth-order valence-electron chi connectivity index (χ4n) is 1.58. The van der Waals surface area contributed by atoms with E-state index in [2.05, 4.69) is 0 Å². The lowest BCUT2D eigenvalue weighted by Gasteiger charge is -1.96. The molecule has 5 heteroatoms. The highest BCUT2D eigenvalue weighted by Crippen LogP contribution is 2.21. The number of nitrogens with zero attached hydrogens (tertiary/aromatic N) is 2. The maximum Gasteiger partial charge on any atom is 0.416 e. The van der Waals surface area contributed by atoms with Gasteiger partial charge in [-0.05, 0) is 18.2 Å². The zero-order valence-electron chi connectivity index (χ0n) is 8.04. The zero-order chi connectivity index (χ0) is 11.7. The summed E-state index contributed by atoms with van der Waals surface area (Å²) in [5.74, 6) is 0. The van der Waals surface area contributed by atoms with Gasteiger partial charge in [-0.15, -0.1) is 0 Å². The van der Waals surface area contributed by atoms with Crippen LogP contribution in [-0.2, 0) is 0 Å². The Kier molecular flexibility index (Phi) is 2.18. The Bertz CT molecular complexity index is 634. The van der Waals surface area contributed by atoms with Crippen LogP contribution in [0.4, 0.5) is 4.79 Å². The molecule has 1 aromatic heterocycles. The average molecular weight is 214 g/mol. The van der Waals surface area contributed by atoms with Gasteiger partial charge in [-0.3, -0.25) is 9.36 Å². The van der Waals surface area contributed by atoms with Gasteiger partial charge in [-0.1, -0.05) is 0 Å². The fraction of sp³-hybridized carbons (Fsp3) is 0. The van der Waals surface area contributed by atoms with Crippen LogP contribution in [0.25, 0.3) is 10.9 Å². The topological polar surface area (TPSA) is 83.1 Å². The van der Waals surface area contributed by atoms with Crippen molar-refractivity contribution in [3.63, 3.8) is 0 Å². The van der Waals surface area contributed by atoms with Crippen molar-refractivity contribution in [3.05, 3.63) is 35.5 Å². The third-order valence-corrected chi connectivity index (χ3v) is 2.30. The van der Waals surface area contributed by atoms with Gasteiger partial charge in [0.25, 0.3) is 0 Å². The first kappa shape index (κ1) is 9.93. The van der Waals surface area contributed by atoms with Crippen LogP contribution < -0.4 is 0 Å². The predicted molar refractivity (Wildman–Crippen MR) is 55.5 cm³/mol. The van der Waals surface area contributed by atoms with E-state index in [1.165, 1.54) is 24.4 Å². The number of fused-ring (bicyclic) bond motifs is 1. The quantitative estimate of drug-likeness (QED) is 0.734. The van der Waals surface area contributed by atoms with E-state index in [0.717, 1.165) is 4.57 Å². The molecule has 0 atom stereocenters. The molecule has 0 aliphatic carbocycles. The molecule has 0 saturated carbocycles. The molecule has 78 valence electrons. The Morgan fingerprint density at radius 2 is 2.25 bits per heavy atom. The number of nitriles is 1. The molecule has 0 bridgehead atoms. The summed E-state index contributed by atoms with van der Waals surface area (Å²) in [6, 6.07) is 6.45. The van der Waals surface area contributed by atoms with Crippen molar-refractivity contribution in [1.82, 2.24) is 4.57 Å². The summed E-state index contributed by atoms with van der Waals surface area (Å²) in [5.41, 5.74) is 1.04. The van der Waals surface area contributed by atoms with Crippen molar-refractivity contribution in [1.29, 1.82) is 5.26 Å². The van der Waals surface area contributed by atoms with Gasteiger partial charge in [0, 0.05) is 17.1 Å². The van der Waals surface area contributed by atoms with Crippen molar-refractivity contribution in [2.75, 3.05) is 0 Å². The molecular weight excluding hydrogens is 208 g/mol. The van der Waals surface area contributed by atoms with Crippen LogP contribution in [0, 0.1) is 11.3 Å². The minimum atomic E-state index is -1.16. The Morgan fingerprint density at radius 1 is 1.50 bits per heavy atom. The smallest absolute Gasteiger partial charge is 0.416 e. The number of aldehydes is 1. The Labute approximate surface area is 90.1 Å². The third-order valence-electron chi connectivity index (χ3n) is 2.30. The molecule has 0 fully saturated rings. The number of carboxylic acid groups (broad SMARTS) is 1. The molecule has 0 saturated heterocycles. The van der Waals surface area contributed by atoms with Crippen LogP contribution in [0.15, 0.2) is 24.4 Å². The summed E-state index contributed by atoms with van der Waals surface area (Å²) in [6.45, 7) is 0. The van der Waals surface area contributed by atoms with Gasteiger partial charge in [-0.25, -0.2) is 4.79 Å². The molecule has 0 radical (unpaired) electrons. The number of carbonyl (C=O) groups is 2.